The Morgan fingerprint density at radius 2 is 2.05 bits per heavy atom. The number of nitrogens with one attached hydrogen (secondary N) is 1. The van der Waals surface area contributed by atoms with Gasteiger partial charge in [0.1, 0.15) is 12.4 Å². The van der Waals surface area contributed by atoms with Gasteiger partial charge in [0.25, 0.3) is 5.56 Å². The molecule has 1 aromatic heterocycles. The van der Waals surface area contributed by atoms with Crippen molar-refractivity contribution in [1.82, 2.24) is 14.9 Å². The predicted octanol–water partition coefficient (Wildman–Crippen LogP) is -0.511. The number of carboxylic acid groups (broad SMARTS) is 1. The van der Waals surface area contributed by atoms with Crippen LogP contribution in [0.25, 0.3) is 0 Å². The zero-order valence-electron chi connectivity index (χ0n) is 12.3. The number of ether oxygens (including phenoxy) is 1. The monoisotopic (exact) mass is 297 g/mol. The fourth-order valence-electron chi connectivity index (χ4n) is 1.88. The molecule has 1 aromatic rings. The molecule has 0 unspecified atom stereocenters. The number of aliphatic carboxylic acids is 1. The number of hydrogen-bond acceptors (Lipinski definition) is 5. The van der Waals surface area contributed by atoms with Gasteiger partial charge in [0.15, 0.2) is 0 Å². The summed E-state index contributed by atoms with van der Waals surface area (Å²) in [7, 11) is 1.46. The summed E-state index contributed by atoms with van der Waals surface area (Å²) in [4.78, 5) is 42.6. The standard InChI is InChI=1S/C13H19N3O5/c1-8-10(13(20)15-9(2)14-8)6-11(17)16(4-5-21-3)7-12(18)19/h4-7H2,1-3H3,(H,18,19)(H,14,15,20). The van der Waals surface area contributed by atoms with Crippen LogP contribution >= 0.6 is 0 Å². The number of carbonyl (C=O) groups excluding carboxylic acids is 1. The van der Waals surface area contributed by atoms with E-state index in [1.165, 1.54) is 7.11 Å². The number of rotatable bonds is 7. The molecule has 0 radical (unpaired) electrons. The van der Waals surface area contributed by atoms with E-state index in [0.717, 1.165) is 4.90 Å². The summed E-state index contributed by atoms with van der Waals surface area (Å²) < 4.78 is 4.85. The lowest BCUT2D eigenvalue weighted by Gasteiger charge is -2.20. The Morgan fingerprint density at radius 3 is 2.57 bits per heavy atom. The maximum absolute atomic E-state index is 12.2. The maximum atomic E-state index is 12.2. The summed E-state index contributed by atoms with van der Waals surface area (Å²) in [5.41, 5.74) is 0.334. The molecule has 0 aromatic carbocycles. The van der Waals surface area contributed by atoms with Gasteiger partial charge < -0.3 is 19.7 Å². The molecule has 2 N–H and O–H groups in total. The smallest absolute Gasteiger partial charge is 0.323 e. The fourth-order valence-corrected chi connectivity index (χ4v) is 1.88. The fraction of sp³-hybridized carbons (Fsp3) is 0.538. The number of aromatic amines is 1. The number of amides is 1. The van der Waals surface area contributed by atoms with Gasteiger partial charge >= 0.3 is 5.97 Å². The van der Waals surface area contributed by atoms with Crippen molar-refractivity contribution in [1.29, 1.82) is 0 Å². The van der Waals surface area contributed by atoms with Crippen molar-refractivity contribution in [3.05, 3.63) is 27.4 Å². The van der Waals surface area contributed by atoms with E-state index in [9.17, 15) is 14.4 Å². The Balaban J connectivity index is 2.90. The molecule has 0 aliphatic rings. The largest absolute Gasteiger partial charge is 0.480 e. The predicted molar refractivity (Wildman–Crippen MR) is 74.1 cm³/mol. The van der Waals surface area contributed by atoms with Crippen molar-refractivity contribution >= 4 is 11.9 Å². The molecular formula is C13H19N3O5. The number of nitrogens with zero attached hydrogens (tertiary/aromatic N) is 2. The third kappa shape index (κ3) is 4.99. The Labute approximate surface area is 121 Å². The minimum absolute atomic E-state index is 0.151. The van der Waals surface area contributed by atoms with Gasteiger partial charge in [0.05, 0.1) is 13.0 Å². The average molecular weight is 297 g/mol. The van der Waals surface area contributed by atoms with Crippen molar-refractivity contribution in [3.8, 4) is 0 Å². The maximum Gasteiger partial charge on any atom is 0.323 e. The normalized spacial score (nSPS) is 10.4. The van der Waals surface area contributed by atoms with Crippen molar-refractivity contribution in [2.75, 3.05) is 26.8 Å². The van der Waals surface area contributed by atoms with E-state index >= 15 is 0 Å². The molecule has 21 heavy (non-hydrogen) atoms. The van der Waals surface area contributed by atoms with E-state index in [0.29, 0.717) is 11.5 Å². The summed E-state index contributed by atoms with van der Waals surface area (Å²) in [6.07, 6.45) is -0.189. The number of methoxy groups -OCH3 is 1. The Hall–Kier alpha value is -2.22. The Bertz CT molecular complexity index is 582. The van der Waals surface area contributed by atoms with Crippen molar-refractivity contribution in [3.63, 3.8) is 0 Å². The van der Waals surface area contributed by atoms with Gasteiger partial charge in [-0.15, -0.1) is 0 Å². The molecule has 8 nitrogen and oxygen atoms in total. The molecule has 0 saturated heterocycles. The van der Waals surface area contributed by atoms with E-state index in [-0.39, 0.29) is 30.7 Å². The van der Waals surface area contributed by atoms with E-state index < -0.39 is 18.4 Å². The SMILES string of the molecule is COCCN(CC(=O)O)C(=O)Cc1c(C)nc(C)[nH]c1=O. The second kappa shape index (κ2) is 7.53. The molecule has 0 atom stereocenters. The summed E-state index contributed by atoms with van der Waals surface area (Å²) in [5.74, 6) is -1.10. The third-order valence-corrected chi connectivity index (χ3v) is 2.91. The number of aryl methyl sites for hydroxylation is 2. The first-order valence-corrected chi connectivity index (χ1v) is 6.40. The lowest BCUT2D eigenvalue weighted by atomic mass is 10.1. The van der Waals surface area contributed by atoms with E-state index in [1.807, 2.05) is 0 Å². The second-order valence-electron chi connectivity index (χ2n) is 4.59. The number of H-pyrrole nitrogens is 1. The van der Waals surface area contributed by atoms with Gasteiger partial charge in [0, 0.05) is 24.9 Å². The summed E-state index contributed by atoms with van der Waals surface area (Å²) in [6.45, 7) is 3.23. The van der Waals surface area contributed by atoms with Crippen LogP contribution in [0.15, 0.2) is 4.79 Å². The summed E-state index contributed by atoms with van der Waals surface area (Å²) in [6, 6.07) is 0. The first-order valence-electron chi connectivity index (χ1n) is 6.40. The molecular weight excluding hydrogens is 278 g/mol. The van der Waals surface area contributed by atoms with Crippen LogP contribution in [-0.2, 0) is 20.7 Å². The summed E-state index contributed by atoms with van der Waals surface area (Å²) >= 11 is 0. The molecule has 1 heterocycles. The molecule has 1 amide bonds. The molecule has 0 aliphatic carbocycles. The van der Waals surface area contributed by atoms with Crippen molar-refractivity contribution < 1.29 is 19.4 Å². The van der Waals surface area contributed by atoms with E-state index in [4.69, 9.17) is 9.84 Å². The number of carbonyl (C=O) groups is 2. The quantitative estimate of drug-likeness (QED) is 0.701. The van der Waals surface area contributed by atoms with Crippen LogP contribution in [0, 0.1) is 13.8 Å². The molecule has 116 valence electrons. The Morgan fingerprint density at radius 1 is 1.38 bits per heavy atom. The van der Waals surface area contributed by atoms with Crippen LogP contribution in [0.3, 0.4) is 0 Å². The molecule has 0 aliphatic heterocycles. The lowest BCUT2D eigenvalue weighted by molar-refractivity contribution is -0.144. The van der Waals surface area contributed by atoms with Crippen LogP contribution < -0.4 is 5.56 Å². The van der Waals surface area contributed by atoms with Crippen molar-refractivity contribution in [2.24, 2.45) is 0 Å². The van der Waals surface area contributed by atoms with Gasteiger partial charge in [-0.3, -0.25) is 14.4 Å². The highest BCUT2D eigenvalue weighted by atomic mass is 16.5. The van der Waals surface area contributed by atoms with Crippen LogP contribution in [0.2, 0.25) is 0 Å². The van der Waals surface area contributed by atoms with Gasteiger partial charge in [-0.2, -0.15) is 0 Å². The number of aromatic nitrogens is 2. The highest BCUT2D eigenvalue weighted by Crippen LogP contribution is 2.03. The van der Waals surface area contributed by atoms with Crippen LogP contribution in [0.5, 0.6) is 0 Å². The number of carboxylic acids is 1. The molecule has 1 rings (SSSR count). The van der Waals surface area contributed by atoms with Crippen LogP contribution in [0.1, 0.15) is 17.1 Å². The van der Waals surface area contributed by atoms with Gasteiger partial charge in [0.2, 0.25) is 5.91 Å². The van der Waals surface area contributed by atoms with Crippen LogP contribution in [0.4, 0.5) is 0 Å². The molecule has 0 spiro atoms. The zero-order chi connectivity index (χ0) is 16.0. The molecule has 0 bridgehead atoms. The average Bonchev–Trinajstić information content (AvgIpc) is 2.38. The Kier molecular flexibility index (Phi) is 6.04. The first-order chi connectivity index (χ1) is 9.85. The lowest BCUT2D eigenvalue weighted by Crippen LogP contribution is -2.40. The molecule has 0 fully saturated rings. The van der Waals surface area contributed by atoms with Gasteiger partial charge in [-0.1, -0.05) is 0 Å². The summed E-state index contributed by atoms with van der Waals surface area (Å²) in [5, 5.41) is 8.83. The van der Waals surface area contributed by atoms with E-state index in [1.54, 1.807) is 13.8 Å². The van der Waals surface area contributed by atoms with Crippen LogP contribution in [-0.4, -0.2) is 58.7 Å². The van der Waals surface area contributed by atoms with Crippen molar-refractivity contribution in [2.45, 2.75) is 20.3 Å². The first kappa shape index (κ1) is 16.8. The third-order valence-electron chi connectivity index (χ3n) is 2.91. The molecule has 0 saturated carbocycles. The highest BCUT2D eigenvalue weighted by Gasteiger charge is 2.19. The van der Waals surface area contributed by atoms with Gasteiger partial charge in [-0.25, -0.2) is 4.98 Å². The van der Waals surface area contributed by atoms with E-state index in [2.05, 4.69) is 9.97 Å². The minimum Gasteiger partial charge on any atom is -0.480 e. The molecule has 8 heteroatoms. The highest BCUT2D eigenvalue weighted by molar-refractivity contribution is 5.83. The zero-order valence-corrected chi connectivity index (χ0v) is 12.3. The number of hydrogen-bond donors (Lipinski definition) is 2. The van der Waals surface area contributed by atoms with Gasteiger partial charge in [-0.05, 0) is 13.8 Å². The second-order valence-corrected chi connectivity index (χ2v) is 4.59. The minimum atomic E-state index is -1.12. The topological polar surface area (TPSA) is 113 Å².